The number of rotatable bonds is 7. The number of aromatic nitrogens is 4. The number of carbonyl (C=O) groups is 1. The number of hydrogen-bond acceptors (Lipinski definition) is 5. The van der Waals surface area contributed by atoms with Crippen molar-refractivity contribution in [1.29, 1.82) is 5.26 Å². The van der Waals surface area contributed by atoms with Crippen LogP contribution < -0.4 is 4.74 Å². The van der Waals surface area contributed by atoms with E-state index in [1.807, 2.05) is 0 Å². The van der Waals surface area contributed by atoms with Crippen molar-refractivity contribution >= 4 is 28.0 Å². The van der Waals surface area contributed by atoms with Gasteiger partial charge in [-0.15, -0.1) is 0 Å². The van der Waals surface area contributed by atoms with Crippen molar-refractivity contribution < 1.29 is 23.4 Å². The van der Waals surface area contributed by atoms with Gasteiger partial charge in [0.15, 0.2) is 17.2 Å². The van der Waals surface area contributed by atoms with Crippen LogP contribution in [0.25, 0.3) is 27.8 Å². The van der Waals surface area contributed by atoms with Gasteiger partial charge in [0.2, 0.25) is 0 Å². The molecule has 0 radical (unpaired) electrons. The van der Waals surface area contributed by atoms with Gasteiger partial charge < -0.3 is 14.4 Å². The first-order valence-electron chi connectivity index (χ1n) is 10.1. The summed E-state index contributed by atoms with van der Waals surface area (Å²) in [5.74, 6) is -1.89. The summed E-state index contributed by atoms with van der Waals surface area (Å²) in [4.78, 5) is 15.9. The molecule has 1 atom stereocenters. The lowest BCUT2D eigenvalue weighted by atomic mass is 9.82. The van der Waals surface area contributed by atoms with E-state index < -0.39 is 29.8 Å². The van der Waals surface area contributed by atoms with Crippen molar-refractivity contribution in [2.75, 3.05) is 7.11 Å². The first-order valence-corrected chi connectivity index (χ1v) is 10.1. The van der Waals surface area contributed by atoms with E-state index in [2.05, 4.69) is 21.3 Å². The van der Waals surface area contributed by atoms with E-state index in [-0.39, 0.29) is 23.3 Å². The van der Waals surface area contributed by atoms with Gasteiger partial charge in [-0.3, -0.25) is 9.89 Å². The zero-order valence-corrected chi connectivity index (χ0v) is 18.2. The van der Waals surface area contributed by atoms with Gasteiger partial charge in [0.1, 0.15) is 6.17 Å². The number of benzene rings is 1. The first-order chi connectivity index (χ1) is 15.7. The van der Waals surface area contributed by atoms with Gasteiger partial charge >= 0.3 is 5.97 Å². The SMILES string of the molecule is COc1cc(-n2c(C(C)(C)CC#N)c([C@@H](F)CC(=O)O)c3nc4[nH]ncc4cc32)ccc1F. The number of halogens is 2. The fraction of sp³-hybridized carbons (Fsp3) is 0.304. The minimum absolute atomic E-state index is 0.0142. The van der Waals surface area contributed by atoms with E-state index in [0.717, 1.165) is 0 Å². The van der Waals surface area contributed by atoms with Crippen molar-refractivity contribution in [1.82, 2.24) is 19.7 Å². The summed E-state index contributed by atoms with van der Waals surface area (Å²) in [7, 11) is 1.34. The predicted octanol–water partition coefficient (Wildman–Crippen LogP) is 4.73. The minimum Gasteiger partial charge on any atom is -0.494 e. The maximum absolute atomic E-state index is 15.6. The minimum atomic E-state index is -1.89. The molecule has 4 aromatic rings. The summed E-state index contributed by atoms with van der Waals surface area (Å²) in [6.45, 7) is 3.54. The van der Waals surface area contributed by atoms with Gasteiger partial charge in [-0.1, -0.05) is 13.8 Å². The maximum atomic E-state index is 15.6. The van der Waals surface area contributed by atoms with Crippen LogP contribution in [0, 0.1) is 17.1 Å². The highest BCUT2D eigenvalue weighted by Crippen LogP contribution is 2.44. The first kappa shape index (κ1) is 22.2. The number of aliphatic carboxylic acids is 1. The number of carboxylic acid groups (broad SMARTS) is 1. The number of nitrogens with one attached hydrogen (secondary N) is 1. The quantitative estimate of drug-likeness (QED) is 0.418. The number of alkyl halides is 1. The van der Waals surface area contributed by atoms with Crippen LogP contribution in [0.15, 0.2) is 30.5 Å². The highest BCUT2D eigenvalue weighted by Gasteiger charge is 2.36. The Morgan fingerprint density at radius 2 is 2.15 bits per heavy atom. The third kappa shape index (κ3) is 3.75. The molecule has 0 aliphatic heterocycles. The highest BCUT2D eigenvalue weighted by atomic mass is 19.1. The molecule has 0 bridgehead atoms. The van der Waals surface area contributed by atoms with Gasteiger partial charge in [0.05, 0.1) is 36.8 Å². The molecule has 0 spiro atoms. The van der Waals surface area contributed by atoms with Gasteiger partial charge in [-0.25, -0.2) is 13.8 Å². The molecule has 0 amide bonds. The third-order valence-corrected chi connectivity index (χ3v) is 5.60. The van der Waals surface area contributed by atoms with E-state index >= 15 is 4.39 Å². The molecule has 0 fully saturated rings. The molecule has 0 aliphatic rings. The van der Waals surface area contributed by atoms with Crippen molar-refractivity contribution in [2.45, 2.75) is 38.3 Å². The number of ether oxygens (including phenoxy) is 1. The molecule has 33 heavy (non-hydrogen) atoms. The number of pyridine rings is 1. The van der Waals surface area contributed by atoms with Gasteiger partial charge in [0.25, 0.3) is 0 Å². The lowest BCUT2D eigenvalue weighted by Gasteiger charge is -2.27. The van der Waals surface area contributed by atoms with Crippen LogP contribution in [0.2, 0.25) is 0 Å². The zero-order chi connectivity index (χ0) is 23.9. The van der Waals surface area contributed by atoms with E-state index in [1.165, 1.54) is 25.3 Å². The van der Waals surface area contributed by atoms with Gasteiger partial charge in [-0.05, 0) is 18.2 Å². The molecule has 0 saturated heterocycles. The van der Waals surface area contributed by atoms with E-state index in [0.29, 0.717) is 27.9 Å². The van der Waals surface area contributed by atoms with E-state index in [1.54, 1.807) is 30.7 Å². The van der Waals surface area contributed by atoms with Crippen molar-refractivity contribution in [3.05, 3.63) is 47.5 Å². The molecule has 3 aromatic heterocycles. The molecule has 4 rings (SSSR count). The summed E-state index contributed by atoms with van der Waals surface area (Å²) in [5.41, 5.74) is 1.14. The fourth-order valence-corrected chi connectivity index (χ4v) is 4.15. The Morgan fingerprint density at radius 3 is 2.82 bits per heavy atom. The van der Waals surface area contributed by atoms with E-state index in [4.69, 9.17) is 4.74 Å². The van der Waals surface area contributed by atoms with Crippen molar-refractivity contribution in [3.8, 4) is 17.5 Å². The van der Waals surface area contributed by atoms with Crippen LogP contribution >= 0.6 is 0 Å². The van der Waals surface area contributed by atoms with Gasteiger partial charge in [-0.2, -0.15) is 10.4 Å². The molecule has 3 heterocycles. The second kappa shape index (κ2) is 8.16. The topological polar surface area (TPSA) is 117 Å². The molecular formula is C23H21F2N5O3. The summed E-state index contributed by atoms with van der Waals surface area (Å²) in [6, 6.07) is 8.08. The molecule has 2 N–H and O–H groups in total. The Kier molecular flexibility index (Phi) is 5.49. The summed E-state index contributed by atoms with van der Waals surface area (Å²) >= 11 is 0. The third-order valence-electron chi connectivity index (χ3n) is 5.60. The Bertz CT molecular complexity index is 1420. The molecule has 1 aromatic carbocycles. The second-order valence-corrected chi connectivity index (χ2v) is 8.36. The predicted molar refractivity (Wildman–Crippen MR) is 117 cm³/mol. The second-order valence-electron chi connectivity index (χ2n) is 8.36. The molecule has 0 aliphatic carbocycles. The number of hydrogen-bond donors (Lipinski definition) is 2. The Balaban J connectivity index is 2.18. The molecule has 0 saturated carbocycles. The monoisotopic (exact) mass is 453 g/mol. The standard InChI is InChI=1S/C23H21F2N5O3/c1-23(2,6-7-26)21-19(15(25)10-18(31)32)20-16(8-12-11-27-29-22(12)28-20)30(21)13-4-5-14(24)17(9-13)33-3/h4-5,8-9,11,15H,6,10H2,1-3H3,(H,31,32)(H,27,28,29)/t15-/m0/s1. The Morgan fingerprint density at radius 1 is 1.39 bits per heavy atom. The number of carboxylic acids is 1. The highest BCUT2D eigenvalue weighted by molar-refractivity contribution is 5.94. The average Bonchev–Trinajstić information content (AvgIpc) is 3.34. The summed E-state index contributed by atoms with van der Waals surface area (Å²) < 4.78 is 36.6. The molecule has 10 heteroatoms. The number of nitriles is 1. The molecule has 170 valence electrons. The number of methoxy groups -OCH3 is 1. The smallest absolute Gasteiger partial charge is 0.306 e. The largest absolute Gasteiger partial charge is 0.494 e. The number of fused-ring (bicyclic) bond motifs is 2. The maximum Gasteiger partial charge on any atom is 0.306 e. The zero-order valence-electron chi connectivity index (χ0n) is 18.2. The molecule has 8 nitrogen and oxygen atoms in total. The lowest BCUT2D eigenvalue weighted by molar-refractivity contribution is -0.138. The van der Waals surface area contributed by atoms with Gasteiger partial charge in [0, 0.05) is 40.2 Å². The Hall–Kier alpha value is -4.00. The molecule has 0 unspecified atom stereocenters. The van der Waals surface area contributed by atoms with Crippen molar-refractivity contribution in [3.63, 3.8) is 0 Å². The van der Waals surface area contributed by atoms with Crippen LogP contribution in [0.1, 0.15) is 44.1 Å². The van der Waals surface area contributed by atoms with Crippen LogP contribution in [-0.4, -0.2) is 37.9 Å². The average molecular weight is 453 g/mol. The van der Waals surface area contributed by atoms with Crippen molar-refractivity contribution in [2.24, 2.45) is 0 Å². The molecular weight excluding hydrogens is 432 g/mol. The van der Waals surface area contributed by atoms with Crippen LogP contribution in [-0.2, 0) is 10.2 Å². The lowest BCUT2D eigenvalue weighted by Crippen LogP contribution is -2.23. The number of H-pyrrole nitrogens is 1. The normalized spacial score (nSPS) is 12.7. The summed E-state index contributed by atoms with van der Waals surface area (Å²) in [5, 5.41) is 26.1. The number of nitrogens with zero attached hydrogens (tertiary/aromatic N) is 4. The van der Waals surface area contributed by atoms with Crippen LogP contribution in [0.4, 0.5) is 8.78 Å². The number of aromatic amines is 1. The fourth-order valence-electron chi connectivity index (χ4n) is 4.15. The Labute approximate surface area is 187 Å². The van der Waals surface area contributed by atoms with E-state index in [9.17, 15) is 19.6 Å². The van der Waals surface area contributed by atoms with Crippen LogP contribution in [0.3, 0.4) is 0 Å². The van der Waals surface area contributed by atoms with Crippen LogP contribution in [0.5, 0.6) is 5.75 Å². The summed E-state index contributed by atoms with van der Waals surface area (Å²) in [6.07, 6.45) is -1.08.